The van der Waals surface area contributed by atoms with Crippen molar-refractivity contribution in [3.63, 3.8) is 0 Å². The summed E-state index contributed by atoms with van der Waals surface area (Å²) in [6.07, 6.45) is 1.59. The molecule has 0 fully saturated rings. The Bertz CT molecular complexity index is 479. The zero-order chi connectivity index (χ0) is 9.42. The van der Waals surface area contributed by atoms with Crippen molar-refractivity contribution < 1.29 is 5.11 Å². The molecular formula is C8H9ClN4O. The third kappa shape index (κ3) is 1.62. The zero-order valence-electron chi connectivity index (χ0n) is 7.14. The summed E-state index contributed by atoms with van der Waals surface area (Å²) >= 11 is 0. The second-order valence-corrected chi connectivity index (χ2v) is 2.70. The SMILES string of the molecule is Cl.N=C(N)n1cc2cc(O)ccc2n1. The minimum atomic E-state index is -0.143. The minimum absolute atomic E-state index is 0. The number of aromatic hydroxyl groups is 1. The smallest absolute Gasteiger partial charge is 0.213 e. The van der Waals surface area contributed by atoms with E-state index in [1.165, 1.54) is 4.68 Å². The van der Waals surface area contributed by atoms with Crippen LogP contribution in [0.2, 0.25) is 0 Å². The lowest BCUT2D eigenvalue weighted by Gasteiger charge is -1.91. The molecule has 4 N–H and O–H groups in total. The van der Waals surface area contributed by atoms with Crippen LogP contribution in [0, 0.1) is 5.41 Å². The van der Waals surface area contributed by atoms with Gasteiger partial charge < -0.3 is 10.8 Å². The highest BCUT2D eigenvalue weighted by Gasteiger charge is 2.02. The lowest BCUT2D eigenvalue weighted by atomic mass is 10.2. The van der Waals surface area contributed by atoms with Crippen molar-refractivity contribution in [1.29, 1.82) is 5.41 Å². The number of benzene rings is 1. The number of nitrogens with one attached hydrogen (secondary N) is 1. The summed E-state index contributed by atoms with van der Waals surface area (Å²) in [5, 5.41) is 21.1. The summed E-state index contributed by atoms with van der Waals surface area (Å²) < 4.78 is 1.25. The normalized spacial score (nSPS) is 9.71. The van der Waals surface area contributed by atoms with Gasteiger partial charge in [-0.25, -0.2) is 4.68 Å². The maximum atomic E-state index is 9.16. The Kier molecular flexibility index (Phi) is 2.62. The Morgan fingerprint density at radius 1 is 1.50 bits per heavy atom. The summed E-state index contributed by atoms with van der Waals surface area (Å²) in [6.45, 7) is 0. The van der Waals surface area contributed by atoms with Gasteiger partial charge in [-0.3, -0.25) is 5.41 Å². The Morgan fingerprint density at radius 3 is 2.86 bits per heavy atom. The Labute approximate surface area is 86.1 Å². The van der Waals surface area contributed by atoms with Crippen molar-refractivity contribution in [2.24, 2.45) is 5.73 Å². The molecule has 0 aliphatic heterocycles. The van der Waals surface area contributed by atoms with E-state index in [2.05, 4.69) is 5.10 Å². The van der Waals surface area contributed by atoms with Crippen molar-refractivity contribution in [1.82, 2.24) is 9.78 Å². The number of nitrogens with zero attached hydrogens (tertiary/aromatic N) is 2. The van der Waals surface area contributed by atoms with Gasteiger partial charge in [0.25, 0.3) is 0 Å². The van der Waals surface area contributed by atoms with Crippen molar-refractivity contribution in [3.05, 3.63) is 24.4 Å². The number of halogens is 1. The molecule has 5 nitrogen and oxygen atoms in total. The highest BCUT2D eigenvalue weighted by Crippen LogP contribution is 2.17. The van der Waals surface area contributed by atoms with Gasteiger partial charge in [-0.2, -0.15) is 5.10 Å². The van der Waals surface area contributed by atoms with E-state index in [-0.39, 0.29) is 24.1 Å². The molecule has 0 aliphatic carbocycles. The van der Waals surface area contributed by atoms with Crippen LogP contribution in [-0.2, 0) is 0 Å². The number of phenols is 1. The molecular weight excluding hydrogens is 204 g/mol. The average molecular weight is 213 g/mol. The van der Waals surface area contributed by atoms with E-state index < -0.39 is 0 Å². The number of phenolic OH excluding ortho intramolecular Hbond substituents is 1. The first-order chi connectivity index (χ1) is 6.16. The van der Waals surface area contributed by atoms with Gasteiger partial charge in [0.05, 0.1) is 5.52 Å². The number of aromatic nitrogens is 2. The molecule has 0 spiro atoms. The number of hydrogen-bond donors (Lipinski definition) is 3. The van der Waals surface area contributed by atoms with Crippen LogP contribution in [0.15, 0.2) is 24.4 Å². The van der Waals surface area contributed by atoms with Gasteiger partial charge in [0.15, 0.2) is 0 Å². The molecule has 1 aromatic carbocycles. The van der Waals surface area contributed by atoms with Crippen LogP contribution in [0.25, 0.3) is 10.9 Å². The number of hydrogen-bond acceptors (Lipinski definition) is 3. The number of nitrogen functional groups attached to an aromatic ring is 1. The topological polar surface area (TPSA) is 87.9 Å². The van der Waals surface area contributed by atoms with E-state index in [9.17, 15) is 0 Å². The van der Waals surface area contributed by atoms with E-state index >= 15 is 0 Å². The van der Waals surface area contributed by atoms with E-state index in [4.69, 9.17) is 16.2 Å². The molecule has 0 atom stereocenters. The molecule has 0 radical (unpaired) electrons. The Balaban J connectivity index is 0.000000980. The molecule has 14 heavy (non-hydrogen) atoms. The molecule has 74 valence electrons. The van der Waals surface area contributed by atoms with E-state index in [0.717, 1.165) is 5.39 Å². The average Bonchev–Trinajstić information content (AvgIpc) is 2.46. The quantitative estimate of drug-likeness (QED) is 0.448. The molecule has 0 bridgehead atoms. The number of nitrogens with two attached hydrogens (primary N) is 1. The molecule has 0 saturated carbocycles. The molecule has 0 unspecified atom stereocenters. The largest absolute Gasteiger partial charge is 0.508 e. The summed E-state index contributed by atoms with van der Waals surface area (Å²) in [6, 6.07) is 4.78. The summed E-state index contributed by atoms with van der Waals surface area (Å²) in [4.78, 5) is 0. The molecule has 0 amide bonds. The standard InChI is InChI=1S/C8H8N4O.ClH/c9-8(10)12-4-5-3-6(13)1-2-7(5)11-12;/h1-4,13H,(H3,9,10);1H. The number of fused-ring (bicyclic) bond motifs is 1. The fourth-order valence-electron chi connectivity index (χ4n) is 1.14. The highest BCUT2D eigenvalue weighted by atomic mass is 35.5. The molecule has 1 heterocycles. The highest BCUT2D eigenvalue weighted by molar-refractivity contribution is 5.85. The summed E-state index contributed by atoms with van der Waals surface area (Å²) in [7, 11) is 0. The van der Waals surface area contributed by atoms with Crippen LogP contribution in [0.1, 0.15) is 0 Å². The predicted molar refractivity (Wildman–Crippen MR) is 56.0 cm³/mol. The number of rotatable bonds is 0. The predicted octanol–water partition coefficient (Wildman–Crippen LogP) is 0.905. The zero-order valence-corrected chi connectivity index (χ0v) is 7.95. The molecule has 6 heteroatoms. The van der Waals surface area contributed by atoms with Gasteiger partial charge in [-0.15, -0.1) is 12.4 Å². The van der Waals surface area contributed by atoms with E-state index in [0.29, 0.717) is 5.52 Å². The summed E-state index contributed by atoms with van der Waals surface area (Å²) in [5.41, 5.74) is 5.94. The molecule has 2 aromatic rings. The van der Waals surface area contributed by atoms with Gasteiger partial charge >= 0.3 is 0 Å². The van der Waals surface area contributed by atoms with Gasteiger partial charge in [-0.1, -0.05) is 0 Å². The van der Waals surface area contributed by atoms with Crippen molar-refractivity contribution in [2.45, 2.75) is 0 Å². The van der Waals surface area contributed by atoms with Crippen molar-refractivity contribution in [3.8, 4) is 5.75 Å². The Hall–Kier alpha value is -1.75. The maximum absolute atomic E-state index is 9.16. The third-order valence-electron chi connectivity index (χ3n) is 1.73. The third-order valence-corrected chi connectivity index (χ3v) is 1.73. The lowest BCUT2D eigenvalue weighted by Crippen LogP contribution is -2.20. The fraction of sp³-hybridized carbons (Fsp3) is 0. The second-order valence-electron chi connectivity index (χ2n) is 2.70. The van der Waals surface area contributed by atoms with Crippen LogP contribution in [-0.4, -0.2) is 20.8 Å². The van der Waals surface area contributed by atoms with Crippen LogP contribution in [0.5, 0.6) is 5.75 Å². The molecule has 0 aliphatic rings. The fourth-order valence-corrected chi connectivity index (χ4v) is 1.14. The van der Waals surface area contributed by atoms with Crippen molar-refractivity contribution in [2.75, 3.05) is 0 Å². The van der Waals surface area contributed by atoms with E-state index in [1.54, 1.807) is 24.4 Å². The first-order valence-corrected chi connectivity index (χ1v) is 3.69. The molecule has 1 aromatic heterocycles. The van der Waals surface area contributed by atoms with E-state index in [1.807, 2.05) is 0 Å². The monoisotopic (exact) mass is 212 g/mol. The maximum Gasteiger partial charge on any atom is 0.213 e. The van der Waals surface area contributed by atoms with Gasteiger partial charge in [-0.05, 0) is 18.2 Å². The lowest BCUT2D eigenvalue weighted by molar-refractivity contribution is 0.476. The molecule has 0 saturated heterocycles. The first-order valence-electron chi connectivity index (χ1n) is 3.69. The Morgan fingerprint density at radius 2 is 2.21 bits per heavy atom. The van der Waals surface area contributed by atoms with Gasteiger partial charge in [0.1, 0.15) is 5.75 Å². The van der Waals surface area contributed by atoms with Crippen LogP contribution >= 0.6 is 12.4 Å². The van der Waals surface area contributed by atoms with Crippen LogP contribution < -0.4 is 5.73 Å². The van der Waals surface area contributed by atoms with Crippen molar-refractivity contribution >= 4 is 29.3 Å². The van der Waals surface area contributed by atoms with Gasteiger partial charge in [0, 0.05) is 11.6 Å². The second kappa shape index (κ2) is 3.55. The molecule has 2 rings (SSSR count). The van der Waals surface area contributed by atoms with Crippen LogP contribution in [0.4, 0.5) is 0 Å². The first kappa shape index (κ1) is 10.3. The van der Waals surface area contributed by atoms with Gasteiger partial charge in [0.2, 0.25) is 5.96 Å². The summed E-state index contributed by atoms with van der Waals surface area (Å²) in [5.74, 6) is 0.0336. The minimum Gasteiger partial charge on any atom is -0.508 e. The van der Waals surface area contributed by atoms with Crippen LogP contribution in [0.3, 0.4) is 0 Å².